The summed E-state index contributed by atoms with van der Waals surface area (Å²) in [7, 11) is 0. The minimum absolute atomic E-state index is 0.00222. The van der Waals surface area contributed by atoms with Crippen molar-refractivity contribution >= 4 is 27.5 Å². The second-order valence-electron chi connectivity index (χ2n) is 5.59. The third-order valence-electron chi connectivity index (χ3n) is 3.60. The molecule has 3 N–H and O–H groups in total. The van der Waals surface area contributed by atoms with Crippen molar-refractivity contribution in [2.24, 2.45) is 5.73 Å². The van der Waals surface area contributed by atoms with Gasteiger partial charge in [0.2, 0.25) is 5.91 Å². The third-order valence-corrected chi connectivity index (χ3v) is 4.49. The lowest BCUT2D eigenvalue weighted by Gasteiger charge is -2.48. The fraction of sp³-hybridized carbons (Fsp3) is 0.500. The number of anilines is 1. The smallest absolute Gasteiger partial charge is 0.244 e. The Labute approximate surface area is 122 Å². The van der Waals surface area contributed by atoms with Gasteiger partial charge in [-0.25, -0.2) is 0 Å². The van der Waals surface area contributed by atoms with Crippen molar-refractivity contribution in [2.75, 3.05) is 18.0 Å². The molecular weight excluding hydrogens is 306 g/mol. The van der Waals surface area contributed by atoms with Gasteiger partial charge in [0.25, 0.3) is 0 Å². The van der Waals surface area contributed by atoms with E-state index >= 15 is 0 Å². The van der Waals surface area contributed by atoms with Crippen molar-refractivity contribution in [3.8, 4) is 0 Å². The molecule has 5 heteroatoms. The molecule has 104 valence electrons. The summed E-state index contributed by atoms with van der Waals surface area (Å²) in [6.45, 7) is 7.21. The highest BCUT2D eigenvalue weighted by molar-refractivity contribution is 9.10. The van der Waals surface area contributed by atoms with Gasteiger partial charge < -0.3 is 16.0 Å². The molecule has 2 rings (SSSR count). The molecule has 0 bridgehead atoms. The molecule has 0 aromatic heterocycles. The van der Waals surface area contributed by atoms with Crippen molar-refractivity contribution in [3.05, 3.63) is 28.2 Å². The number of carbonyl (C=O) groups excluding carboxylic acids is 1. The molecule has 1 unspecified atom stereocenters. The zero-order chi connectivity index (χ0) is 14.2. The number of hydrogen-bond donors (Lipinski definition) is 2. The summed E-state index contributed by atoms with van der Waals surface area (Å²) in [4.78, 5) is 14.1. The summed E-state index contributed by atoms with van der Waals surface area (Å²) in [6, 6.07) is 5.82. The van der Waals surface area contributed by atoms with E-state index in [2.05, 4.69) is 46.1 Å². The average Bonchev–Trinajstić information content (AvgIpc) is 2.35. The maximum absolute atomic E-state index is 12.0. The minimum atomic E-state index is -0.315. The third kappa shape index (κ3) is 2.62. The zero-order valence-electron chi connectivity index (χ0n) is 11.5. The van der Waals surface area contributed by atoms with Crippen LogP contribution in [0.15, 0.2) is 22.7 Å². The van der Waals surface area contributed by atoms with E-state index in [9.17, 15) is 4.79 Å². The summed E-state index contributed by atoms with van der Waals surface area (Å²) in [6.07, 6.45) is 0. The van der Waals surface area contributed by atoms with Crippen LogP contribution in [-0.4, -0.2) is 30.6 Å². The number of halogens is 1. The van der Waals surface area contributed by atoms with Crippen LogP contribution in [0.4, 0.5) is 5.69 Å². The summed E-state index contributed by atoms with van der Waals surface area (Å²) in [5.74, 6) is 0.00222. The molecule has 0 radical (unpaired) electrons. The molecular formula is C14H20BrN3O. The van der Waals surface area contributed by atoms with E-state index in [0.717, 1.165) is 15.7 Å². The predicted molar refractivity (Wildman–Crippen MR) is 81.3 cm³/mol. The van der Waals surface area contributed by atoms with Gasteiger partial charge in [0, 0.05) is 23.2 Å². The van der Waals surface area contributed by atoms with Gasteiger partial charge in [0.05, 0.1) is 5.54 Å². The molecule has 4 nitrogen and oxygen atoms in total. The molecule has 1 amide bonds. The van der Waals surface area contributed by atoms with Crippen LogP contribution in [0.1, 0.15) is 19.4 Å². The number of nitrogens with one attached hydrogen (secondary N) is 1. The number of piperazine rings is 1. The lowest BCUT2D eigenvalue weighted by Crippen LogP contribution is -2.67. The van der Waals surface area contributed by atoms with E-state index < -0.39 is 0 Å². The Morgan fingerprint density at radius 1 is 1.53 bits per heavy atom. The topological polar surface area (TPSA) is 58.4 Å². The molecule has 1 aliphatic rings. The van der Waals surface area contributed by atoms with Crippen LogP contribution in [0.5, 0.6) is 0 Å². The predicted octanol–water partition coefficient (Wildman–Crippen LogP) is 1.80. The highest BCUT2D eigenvalue weighted by atomic mass is 79.9. The summed E-state index contributed by atoms with van der Waals surface area (Å²) in [5, 5.41) is 2.93. The van der Waals surface area contributed by atoms with Crippen LogP contribution in [0, 0.1) is 6.92 Å². The van der Waals surface area contributed by atoms with Crippen LogP contribution < -0.4 is 16.0 Å². The molecule has 1 heterocycles. The maximum atomic E-state index is 12.0. The lowest BCUT2D eigenvalue weighted by molar-refractivity contribution is -0.124. The van der Waals surface area contributed by atoms with Crippen molar-refractivity contribution in [3.63, 3.8) is 0 Å². The van der Waals surface area contributed by atoms with Crippen LogP contribution in [-0.2, 0) is 4.79 Å². The average molecular weight is 326 g/mol. The summed E-state index contributed by atoms with van der Waals surface area (Å²) < 4.78 is 1.07. The highest BCUT2D eigenvalue weighted by Gasteiger charge is 2.40. The van der Waals surface area contributed by atoms with E-state index in [1.54, 1.807) is 0 Å². The Hall–Kier alpha value is -1.07. The fourth-order valence-corrected chi connectivity index (χ4v) is 2.81. The Morgan fingerprint density at radius 3 is 2.79 bits per heavy atom. The van der Waals surface area contributed by atoms with E-state index in [1.165, 1.54) is 0 Å². The largest absolute Gasteiger partial charge is 0.352 e. The van der Waals surface area contributed by atoms with Crippen LogP contribution in [0.3, 0.4) is 0 Å². The Bertz CT molecular complexity index is 501. The first kappa shape index (κ1) is 14.3. The molecule has 1 saturated heterocycles. The van der Waals surface area contributed by atoms with E-state index in [4.69, 9.17) is 5.73 Å². The molecule has 1 atom stereocenters. The van der Waals surface area contributed by atoms with E-state index in [1.807, 2.05) is 19.1 Å². The van der Waals surface area contributed by atoms with Gasteiger partial charge >= 0.3 is 0 Å². The number of amides is 1. The van der Waals surface area contributed by atoms with Crippen molar-refractivity contribution in [1.82, 2.24) is 5.32 Å². The van der Waals surface area contributed by atoms with Crippen LogP contribution >= 0.6 is 15.9 Å². The highest BCUT2D eigenvalue weighted by Crippen LogP contribution is 2.31. The van der Waals surface area contributed by atoms with Gasteiger partial charge in [-0.05, 0) is 44.5 Å². The van der Waals surface area contributed by atoms with Gasteiger partial charge in [-0.1, -0.05) is 15.9 Å². The zero-order valence-corrected chi connectivity index (χ0v) is 13.1. The molecule has 0 aliphatic carbocycles. The Kier molecular flexibility index (Phi) is 3.87. The number of nitrogens with zero attached hydrogens (tertiary/aromatic N) is 1. The number of aryl methyl sites for hydroxylation is 1. The van der Waals surface area contributed by atoms with Crippen molar-refractivity contribution < 1.29 is 4.79 Å². The first-order valence-corrected chi connectivity index (χ1v) is 7.19. The molecule has 0 spiro atoms. The Morgan fingerprint density at radius 2 is 2.21 bits per heavy atom. The standard InChI is InChI=1S/C14H20BrN3O/c1-9-6-10(4-5-11(9)15)18-12(7-16)13(19)17-8-14(18,2)3/h4-6,12H,7-8,16H2,1-3H3,(H,17,19). The quantitative estimate of drug-likeness (QED) is 0.871. The monoisotopic (exact) mass is 325 g/mol. The van der Waals surface area contributed by atoms with E-state index in [-0.39, 0.29) is 17.5 Å². The van der Waals surface area contributed by atoms with Gasteiger partial charge in [-0.2, -0.15) is 0 Å². The summed E-state index contributed by atoms with van der Waals surface area (Å²) in [5.41, 5.74) is 7.83. The molecule has 1 aromatic carbocycles. The van der Waals surface area contributed by atoms with Gasteiger partial charge in [-0.3, -0.25) is 4.79 Å². The SMILES string of the molecule is Cc1cc(N2C(CN)C(=O)NCC2(C)C)ccc1Br. The molecule has 0 saturated carbocycles. The van der Waals surface area contributed by atoms with Crippen molar-refractivity contribution in [1.29, 1.82) is 0 Å². The molecule has 1 fully saturated rings. The number of hydrogen-bond acceptors (Lipinski definition) is 3. The Balaban J connectivity index is 2.47. The van der Waals surface area contributed by atoms with E-state index in [0.29, 0.717) is 13.1 Å². The van der Waals surface area contributed by atoms with Gasteiger partial charge in [-0.15, -0.1) is 0 Å². The minimum Gasteiger partial charge on any atom is -0.352 e. The van der Waals surface area contributed by atoms with Crippen molar-refractivity contribution in [2.45, 2.75) is 32.4 Å². The first-order valence-electron chi connectivity index (χ1n) is 6.40. The fourth-order valence-electron chi connectivity index (χ4n) is 2.57. The number of benzene rings is 1. The summed E-state index contributed by atoms with van der Waals surface area (Å²) >= 11 is 3.50. The molecule has 1 aliphatic heterocycles. The van der Waals surface area contributed by atoms with Crippen LogP contribution in [0.2, 0.25) is 0 Å². The van der Waals surface area contributed by atoms with Gasteiger partial charge in [0.1, 0.15) is 6.04 Å². The number of rotatable bonds is 2. The normalized spacial score (nSPS) is 22.3. The molecule has 1 aromatic rings. The second kappa shape index (κ2) is 5.13. The lowest BCUT2D eigenvalue weighted by atomic mass is 9.94. The maximum Gasteiger partial charge on any atom is 0.244 e. The second-order valence-corrected chi connectivity index (χ2v) is 6.44. The number of carbonyl (C=O) groups is 1. The first-order chi connectivity index (χ1) is 8.86. The van der Waals surface area contributed by atoms with Crippen LogP contribution in [0.25, 0.3) is 0 Å². The number of nitrogens with two attached hydrogens (primary N) is 1. The molecule has 19 heavy (non-hydrogen) atoms. The van der Waals surface area contributed by atoms with Gasteiger partial charge in [0.15, 0.2) is 0 Å².